The molecule has 1 aromatic carbocycles. The largest absolute Gasteiger partial charge is 0.469 e. The van der Waals surface area contributed by atoms with Crippen LogP contribution in [0, 0.1) is 5.82 Å². The number of hydrogen-bond donors (Lipinski definition) is 2. The molecule has 2 N–H and O–H groups in total. The first-order valence-electron chi connectivity index (χ1n) is 5.71. The van der Waals surface area contributed by atoms with Crippen molar-refractivity contribution >= 4 is 11.9 Å². The van der Waals surface area contributed by atoms with Gasteiger partial charge in [-0.25, -0.2) is 9.18 Å². The maximum Gasteiger partial charge on any atom is 0.337 e. The Kier molecular flexibility index (Phi) is 5.60. The van der Waals surface area contributed by atoms with E-state index in [1.165, 1.54) is 6.07 Å². The number of hydrogen-bond acceptors (Lipinski definition) is 6. The number of esters is 2. The van der Waals surface area contributed by atoms with Gasteiger partial charge in [-0.05, 0) is 18.2 Å². The molecule has 0 heterocycles. The Bertz CT molecular complexity index is 502. The van der Waals surface area contributed by atoms with Crippen molar-refractivity contribution in [2.75, 3.05) is 14.2 Å². The molecule has 7 heteroatoms. The molecule has 6 nitrogen and oxygen atoms in total. The first kappa shape index (κ1) is 16.1. The highest BCUT2D eigenvalue weighted by Crippen LogP contribution is 2.23. The smallest absolute Gasteiger partial charge is 0.337 e. The molecule has 0 aromatic heterocycles. The van der Waals surface area contributed by atoms with Gasteiger partial charge in [-0.3, -0.25) is 4.79 Å². The second-order valence-corrected chi connectivity index (χ2v) is 4.02. The quantitative estimate of drug-likeness (QED) is 0.769. The van der Waals surface area contributed by atoms with E-state index in [4.69, 9.17) is 0 Å². The van der Waals surface area contributed by atoms with Gasteiger partial charge in [0.2, 0.25) is 0 Å². The highest BCUT2D eigenvalue weighted by Gasteiger charge is 2.25. The Morgan fingerprint density at radius 3 is 2.45 bits per heavy atom. The predicted molar refractivity (Wildman–Crippen MR) is 65.3 cm³/mol. The van der Waals surface area contributed by atoms with Crippen LogP contribution in [-0.4, -0.2) is 42.5 Å². The summed E-state index contributed by atoms with van der Waals surface area (Å²) in [6.07, 6.45) is -3.72. The van der Waals surface area contributed by atoms with Gasteiger partial charge in [-0.15, -0.1) is 0 Å². The van der Waals surface area contributed by atoms with Crippen LogP contribution in [-0.2, 0) is 14.3 Å². The van der Waals surface area contributed by atoms with Crippen molar-refractivity contribution in [3.63, 3.8) is 0 Å². The number of benzene rings is 1. The molecule has 1 rings (SSSR count). The van der Waals surface area contributed by atoms with Gasteiger partial charge in [0.15, 0.2) is 0 Å². The minimum Gasteiger partial charge on any atom is -0.469 e. The van der Waals surface area contributed by atoms with Crippen LogP contribution in [0.25, 0.3) is 0 Å². The van der Waals surface area contributed by atoms with Crippen molar-refractivity contribution in [3.8, 4) is 0 Å². The number of carbonyl (C=O) groups is 2. The lowest BCUT2D eigenvalue weighted by atomic mass is 9.99. The first-order valence-corrected chi connectivity index (χ1v) is 5.71. The lowest BCUT2D eigenvalue weighted by Crippen LogP contribution is -2.23. The van der Waals surface area contributed by atoms with Gasteiger partial charge in [0, 0.05) is 5.56 Å². The molecule has 0 saturated carbocycles. The molecule has 0 aliphatic rings. The molecule has 0 amide bonds. The molecule has 110 valence electrons. The number of ether oxygens (including phenoxy) is 2. The van der Waals surface area contributed by atoms with Crippen molar-refractivity contribution in [2.45, 2.75) is 18.6 Å². The number of aliphatic hydroxyl groups is 2. The van der Waals surface area contributed by atoms with E-state index in [9.17, 15) is 24.2 Å². The average Bonchev–Trinajstić information content (AvgIpc) is 2.45. The molecule has 2 atom stereocenters. The van der Waals surface area contributed by atoms with Gasteiger partial charge >= 0.3 is 11.9 Å². The van der Waals surface area contributed by atoms with Crippen LogP contribution in [0.5, 0.6) is 0 Å². The average molecular weight is 286 g/mol. The van der Waals surface area contributed by atoms with Gasteiger partial charge < -0.3 is 19.7 Å². The Balaban J connectivity index is 2.99. The van der Waals surface area contributed by atoms with E-state index in [-0.39, 0.29) is 11.1 Å². The fraction of sp³-hybridized carbons (Fsp3) is 0.385. The van der Waals surface area contributed by atoms with Crippen LogP contribution in [0.4, 0.5) is 4.39 Å². The number of carbonyl (C=O) groups excluding carboxylic acids is 2. The van der Waals surface area contributed by atoms with E-state index in [0.717, 1.165) is 26.4 Å². The van der Waals surface area contributed by atoms with E-state index in [2.05, 4.69) is 9.47 Å². The van der Waals surface area contributed by atoms with Crippen molar-refractivity contribution in [2.24, 2.45) is 0 Å². The maximum atomic E-state index is 13.6. The van der Waals surface area contributed by atoms with Gasteiger partial charge in [-0.2, -0.15) is 0 Å². The minimum atomic E-state index is -1.67. The fourth-order valence-electron chi connectivity index (χ4n) is 1.59. The number of rotatable bonds is 5. The summed E-state index contributed by atoms with van der Waals surface area (Å²) in [5.74, 6) is -2.27. The summed E-state index contributed by atoms with van der Waals surface area (Å²) in [5.41, 5.74) is -0.280. The van der Waals surface area contributed by atoms with E-state index >= 15 is 0 Å². The molecule has 0 fully saturated rings. The Hall–Kier alpha value is -1.99. The Morgan fingerprint density at radius 1 is 1.25 bits per heavy atom. The van der Waals surface area contributed by atoms with Crippen LogP contribution in [0.1, 0.15) is 28.4 Å². The van der Waals surface area contributed by atoms with E-state index in [1.807, 2.05) is 0 Å². The van der Waals surface area contributed by atoms with Gasteiger partial charge in [0.25, 0.3) is 0 Å². The molecule has 1 aromatic rings. The molecular formula is C13H15FO6. The molecule has 0 radical (unpaired) electrons. The monoisotopic (exact) mass is 286 g/mol. The highest BCUT2D eigenvalue weighted by molar-refractivity contribution is 5.89. The summed E-state index contributed by atoms with van der Waals surface area (Å²) in [6, 6.07) is 3.21. The lowest BCUT2D eigenvalue weighted by Gasteiger charge is -2.18. The number of halogens is 1. The van der Waals surface area contributed by atoms with Crippen LogP contribution in [0.3, 0.4) is 0 Å². The normalized spacial score (nSPS) is 13.4. The van der Waals surface area contributed by atoms with Gasteiger partial charge in [0.05, 0.1) is 32.3 Å². The standard InChI is InChI=1S/C13H15FO6/c1-19-11(16)6-10(15)12(17)8-5-7(13(18)20-2)3-4-9(8)14/h3-5,10,12,15,17H,6H2,1-2H3. The molecule has 20 heavy (non-hydrogen) atoms. The molecular weight excluding hydrogens is 271 g/mol. The zero-order valence-corrected chi connectivity index (χ0v) is 11.0. The topological polar surface area (TPSA) is 93.1 Å². The summed E-state index contributed by atoms with van der Waals surface area (Å²) in [5, 5.41) is 19.5. The van der Waals surface area contributed by atoms with Crippen LogP contribution in [0.15, 0.2) is 18.2 Å². The summed E-state index contributed by atoms with van der Waals surface area (Å²) < 4.78 is 22.4. The summed E-state index contributed by atoms with van der Waals surface area (Å²) in [4.78, 5) is 22.3. The van der Waals surface area contributed by atoms with Crippen LogP contribution in [0.2, 0.25) is 0 Å². The molecule has 0 bridgehead atoms. The van der Waals surface area contributed by atoms with Crippen molar-refractivity contribution < 1.29 is 33.7 Å². The predicted octanol–water partition coefficient (Wildman–Crippen LogP) is 0.570. The highest BCUT2D eigenvalue weighted by atomic mass is 19.1. The third-order valence-corrected chi connectivity index (χ3v) is 2.70. The number of methoxy groups -OCH3 is 2. The van der Waals surface area contributed by atoms with Crippen LogP contribution < -0.4 is 0 Å². The van der Waals surface area contributed by atoms with Crippen molar-refractivity contribution in [1.29, 1.82) is 0 Å². The van der Waals surface area contributed by atoms with Crippen LogP contribution >= 0.6 is 0 Å². The summed E-state index contributed by atoms with van der Waals surface area (Å²) >= 11 is 0. The number of aliphatic hydroxyl groups excluding tert-OH is 2. The fourth-order valence-corrected chi connectivity index (χ4v) is 1.59. The van der Waals surface area contributed by atoms with Crippen molar-refractivity contribution in [1.82, 2.24) is 0 Å². The minimum absolute atomic E-state index is 0.0215. The molecule has 0 saturated heterocycles. The summed E-state index contributed by atoms with van der Waals surface area (Å²) in [7, 11) is 2.29. The van der Waals surface area contributed by atoms with Gasteiger partial charge in [-0.1, -0.05) is 0 Å². The molecule has 0 aliphatic heterocycles. The van der Waals surface area contributed by atoms with Crippen molar-refractivity contribution in [3.05, 3.63) is 35.1 Å². The Labute approximate surface area is 114 Å². The second kappa shape index (κ2) is 6.97. The summed E-state index contributed by atoms with van der Waals surface area (Å²) in [6.45, 7) is 0. The lowest BCUT2D eigenvalue weighted by molar-refractivity contribution is -0.144. The maximum absolute atomic E-state index is 13.6. The van der Waals surface area contributed by atoms with Gasteiger partial charge in [0.1, 0.15) is 11.9 Å². The SMILES string of the molecule is COC(=O)CC(O)C(O)c1cc(C(=O)OC)ccc1F. The van der Waals surface area contributed by atoms with E-state index < -0.39 is 36.4 Å². The molecule has 0 aliphatic carbocycles. The molecule has 2 unspecified atom stereocenters. The molecule has 0 spiro atoms. The second-order valence-electron chi connectivity index (χ2n) is 4.02. The third kappa shape index (κ3) is 3.75. The third-order valence-electron chi connectivity index (χ3n) is 2.70. The zero-order chi connectivity index (χ0) is 15.3. The van der Waals surface area contributed by atoms with E-state index in [1.54, 1.807) is 0 Å². The first-order chi connectivity index (χ1) is 9.40. The van der Waals surface area contributed by atoms with E-state index in [0.29, 0.717) is 0 Å². The Morgan fingerprint density at radius 2 is 1.90 bits per heavy atom. The zero-order valence-electron chi connectivity index (χ0n) is 11.0.